The first kappa shape index (κ1) is 12.6. The number of rotatable bonds is 2. The van der Waals surface area contributed by atoms with Crippen molar-refractivity contribution in [1.82, 2.24) is 9.55 Å². The van der Waals surface area contributed by atoms with Crippen molar-refractivity contribution in [1.29, 1.82) is 0 Å². The predicted octanol–water partition coefficient (Wildman–Crippen LogP) is -0.497. The van der Waals surface area contributed by atoms with Crippen LogP contribution in [0.25, 0.3) is 0 Å². The van der Waals surface area contributed by atoms with E-state index in [1.807, 2.05) is 13.2 Å². The van der Waals surface area contributed by atoms with Crippen LogP contribution < -0.4 is 5.73 Å². The smallest absolute Gasteiger partial charge is 0.317 e. The van der Waals surface area contributed by atoms with Gasteiger partial charge in [0.1, 0.15) is 11.9 Å². The molecule has 0 aliphatic carbocycles. The fourth-order valence-electron chi connectivity index (χ4n) is 0.780. The third kappa shape index (κ3) is 4.58. The summed E-state index contributed by atoms with van der Waals surface area (Å²) in [5.74, 6) is -0.264. The number of carboxylic acid groups (broad SMARTS) is 1. The van der Waals surface area contributed by atoms with E-state index >= 15 is 0 Å². The molecular weight excluding hydrogens is 186 g/mol. The first-order valence-electron chi connectivity index (χ1n) is 4.06. The molecule has 0 fully saturated rings. The molecule has 0 amide bonds. The molecule has 1 rings (SSSR count). The largest absolute Gasteiger partial charge is 0.480 e. The van der Waals surface area contributed by atoms with E-state index in [2.05, 4.69) is 10.7 Å². The Kier molecular flexibility index (Phi) is 5.50. The molecule has 1 aromatic rings. The van der Waals surface area contributed by atoms with Gasteiger partial charge in [0.05, 0.1) is 6.54 Å². The molecule has 6 nitrogen and oxygen atoms in total. The second-order valence-electron chi connectivity index (χ2n) is 2.67. The van der Waals surface area contributed by atoms with Crippen LogP contribution >= 0.6 is 0 Å². The molecule has 1 aromatic heterocycles. The van der Waals surface area contributed by atoms with Gasteiger partial charge in [0.2, 0.25) is 0 Å². The molecule has 1 atom stereocenters. The SMILES string of the molecule is CC(O)c1nccn1C.NCC(=O)O. The van der Waals surface area contributed by atoms with E-state index in [4.69, 9.17) is 10.2 Å². The molecule has 0 aromatic carbocycles. The van der Waals surface area contributed by atoms with E-state index in [9.17, 15) is 4.79 Å². The number of aryl methyl sites for hydroxylation is 1. The van der Waals surface area contributed by atoms with Crippen LogP contribution in [0.4, 0.5) is 0 Å². The Morgan fingerprint density at radius 1 is 1.79 bits per heavy atom. The molecule has 0 spiro atoms. The molecule has 0 saturated carbocycles. The number of aliphatic carboxylic acids is 1. The fraction of sp³-hybridized carbons (Fsp3) is 0.500. The molecule has 4 N–H and O–H groups in total. The zero-order valence-electron chi connectivity index (χ0n) is 8.21. The Bertz CT molecular complexity index is 283. The number of carboxylic acids is 1. The molecule has 0 aliphatic rings. The van der Waals surface area contributed by atoms with Crippen LogP contribution in [-0.4, -0.2) is 32.3 Å². The first-order chi connectivity index (χ1) is 6.49. The Morgan fingerprint density at radius 2 is 2.29 bits per heavy atom. The highest BCUT2D eigenvalue weighted by Crippen LogP contribution is 2.05. The molecular formula is C8H15N3O3. The maximum atomic E-state index is 9.24. The van der Waals surface area contributed by atoms with Crippen molar-refractivity contribution in [2.45, 2.75) is 13.0 Å². The zero-order chi connectivity index (χ0) is 11.1. The van der Waals surface area contributed by atoms with Crippen LogP contribution in [0.15, 0.2) is 12.4 Å². The third-order valence-corrected chi connectivity index (χ3v) is 1.41. The van der Waals surface area contributed by atoms with Gasteiger partial charge >= 0.3 is 5.97 Å². The van der Waals surface area contributed by atoms with Gasteiger partial charge in [-0.2, -0.15) is 0 Å². The van der Waals surface area contributed by atoms with Gasteiger partial charge in [-0.15, -0.1) is 0 Å². The third-order valence-electron chi connectivity index (χ3n) is 1.41. The highest BCUT2D eigenvalue weighted by molar-refractivity contribution is 5.68. The monoisotopic (exact) mass is 201 g/mol. The lowest BCUT2D eigenvalue weighted by Crippen LogP contribution is -2.10. The van der Waals surface area contributed by atoms with Crippen molar-refractivity contribution in [3.05, 3.63) is 18.2 Å². The fourth-order valence-corrected chi connectivity index (χ4v) is 0.780. The summed E-state index contributed by atoms with van der Waals surface area (Å²) in [5.41, 5.74) is 4.57. The Labute approximate surface area is 82.0 Å². The highest BCUT2D eigenvalue weighted by Gasteiger charge is 2.03. The number of hydrogen-bond donors (Lipinski definition) is 3. The first-order valence-corrected chi connectivity index (χ1v) is 4.06. The quantitative estimate of drug-likeness (QED) is 0.599. The van der Waals surface area contributed by atoms with Crippen LogP contribution in [0.1, 0.15) is 18.9 Å². The van der Waals surface area contributed by atoms with Crippen molar-refractivity contribution in [3.8, 4) is 0 Å². The number of nitrogens with two attached hydrogens (primary N) is 1. The maximum absolute atomic E-state index is 9.24. The minimum absolute atomic E-state index is 0.278. The van der Waals surface area contributed by atoms with E-state index in [1.165, 1.54) is 0 Å². The van der Waals surface area contributed by atoms with Crippen molar-refractivity contribution in [3.63, 3.8) is 0 Å². The van der Waals surface area contributed by atoms with Crippen LogP contribution in [0.3, 0.4) is 0 Å². The topological polar surface area (TPSA) is 101 Å². The van der Waals surface area contributed by atoms with E-state index in [-0.39, 0.29) is 6.54 Å². The molecule has 0 saturated heterocycles. The van der Waals surface area contributed by atoms with Crippen molar-refractivity contribution >= 4 is 5.97 Å². The zero-order valence-corrected chi connectivity index (χ0v) is 8.21. The summed E-state index contributed by atoms with van der Waals surface area (Å²) in [6.45, 7) is 1.42. The maximum Gasteiger partial charge on any atom is 0.317 e. The number of nitrogens with zero attached hydrogens (tertiary/aromatic N) is 2. The molecule has 0 radical (unpaired) electrons. The summed E-state index contributed by atoms with van der Waals surface area (Å²) in [6.07, 6.45) is 3.01. The van der Waals surface area contributed by atoms with Crippen LogP contribution in [0, 0.1) is 0 Å². The predicted molar refractivity (Wildman–Crippen MR) is 50.5 cm³/mol. The Balaban J connectivity index is 0.000000292. The minimum atomic E-state index is -0.968. The molecule has 80 valence electrons. The molecule has 0 bridgehead atoms. The van der Waals surface area contributed by atoms with Crippen LogP contribution in [-0.2, 0) is 11.8 Å². The van der Waals surface area contributed by atoms with Crippen molar-refractivity contribution in [2.75, 3.05) is 6.54 Å². The van der Waals surface area contributed by atoms with Crippen molar-refractivity contribution < 1.29 is 15.0 Å². The number of aromatic nitrogens is 2. The molecule has 1 heterocycles. The van der Waals surface area contributed by atoms with E-state index < -0.39 is 12.1 Å². The lowest BCUT2D eigenvalue weighted by Gasteiger charge is -2.01. The van der Waals surface area contributed by atoms with Gasteiger partial charge in [0.15, 0.2) is 0 Å². The number of aliphatic hydroxyl groups is 1. The summed E-state index contributed by atoms with van der Waals surface area (Å²) >= 11 is 0. The van der Waals surface area contributed by atoms with Gasteiger partial charge in [-0.25, -0.2) is 4.98 Å². The van der Waals surface area contributed by atoms with Crippen molar-refractivity contribution in [2.24, 2.45) is 12.8 Å². The summed E-state index contributed by atoms with van der Waals surface area (Å²) in [5, 5.41) is 16.6. The summed E-state index contributed by atoms with van der Waals surface area (Å²) < 4.78 is 1.80. The number of imidazole rings is 1. The van der Waals surface area contributed by atoms with Crippen LogP contribution in [0.5, 0.6) is 0 Å². The van der Waals surface area contributed by atoms with Gasteiger partial charge in [0, 0.05) is 19.4 Å². The highest BCUT2D eigenvalue weighted by atomic mass is 16.4. The standard InChI is InChI=1S/C6H10N2O.C2H5NO2/c1-5(9)6-7-3-4-8(6)2;3-1-2(4)5/h3-5,9H,1-2H3;1,3H2,(H,4,5). The minimum Gasteiger partial charge on any atom is -0.480 e. The second-order valence-corrected chi connectivity index (χ2v) is 2.67. The second kappa shape index (κ2) is 6.11. The summed E-state index contributed by atoms with van der Waals surface area (Å²) in [6, 6.07) is 0. The summed E-state index contributed by atoms with van der Waals surface area (Å²) in [7, 11) is 1.86. The van der Waals surface area contributed by atoms with Gasteiger partial charge < -0.3 is 20.5 Å². The summed E-state index contributed by atoms with van der Waals surface area (Å²) in [4.78, 5) is 13.2. The lowest BCUT2D eigenvalue weighted by molar-refractivity contribution is -0.135. The molecule has 0 aliphatic heterocycles. The lowest BCUT2D eigenvalue weighted by atomic mass is 10.4. The van der Waals surface area contributed by atoms with Gasteiger partial charge in [-0.3, -0.25) is 4.79 Å². The van der Waals surface area contributed by atoms with E-state index in [0.29, 0.717) is 5.82 Å². The number of aliphatic hydroxyl groups excluding tert-OH is 1. The average Bonchev–Trinajstić information content (AvgIpc) is 2.52. The number of hydrogen-bond acceptors (Lipinski definition) is 4. The van der Waals surface area contributed by atoms with Crippen LogP contribution in [0.2, 0.25) is 0 Å². The average molecular weight is 201 g/mol. The van der Waals surface area contributed by atoms with E-state index in [0.717, 1.165) is 0 Å². The molecule has 14 heavy (non-hydrogen) atoms. The van der Waals surface area contributed by atoms with Gasteiger partial charge in [-0.1, -0.05) is 0 Å². The van der Waals surface area contributed by atoms with Gasteiger partial charge in [-0.05, 0) is 6.92 Å². The molecule has 1 unspecified atom stereocenters. The van der Waals surface area contributed by atoms with E-state index in [1.54, 1.807) is 17.7 Å². The number of carbonyl (C=O) groups is 1. The van der Waals surface area contributed by atoms with Gasteiger partial charge in [0.25, 0.3) is 0 Å². The molecule has 6 heteroatoms. The Hall–Kier alpha value is -1.40. The normalized spacial score (nSPS) is 11.4. The Morgan fingerprint density at radius 3 is 2.43 bits per heavy atom.